The Bertz CT molecular complexity index is 341. The van der Waals surface area contributed by atoms with Gasteiger partial charge in [0.2, 0.25) is 0 Å². The molecule has 1 aromatic rings. The maximum absolute atomic E-state index is 9.19. The quantitative estimate of drug-likeness (QED) is 0.846. The molecule has 1 N–H and O–H groups in total. The Morgan fingerprint density at radius 3 is 2.87 bits per heavy atom. The first-order valence-corrected chi connectivity index (χ1v) is 5.81. The molecule has 4 nitrogen and oxygen atoms in total. The van der Waals surface area contributed by atoms with E-state index in [1.165, 1.54) is 0 Å². The summed E-state index contributed by atoms with van der Waals surface area (Å²) in [7, 11) is 2.01. The minimum Gasteiger partial charge on any atom is -0.393 e. The van der Waals surface area contributed by atoms with Crippen LogP contribution in [0.4, 0.5) is 5.82 Å². The zero-order chi connectivity index (χ0) is 10.8. The van der Waals surface area contributed by atoms with Crippen LogP contribution < -0.4 is 4.90 Å². The van der Waals surface area contributed by atoms with Crippen molar-refractivity contribution < 1.29 is 5.11 Å². The summed E-state index contributed by atoms with van der Waals surface area (Å²) in [6.45, 7) is 0.945. The lowest BCUT2D eigenvalue weighted by molar-refractivity contribution is 0.0464. The highest BCUT2D eigenvalue weighted by Gasteiger charge is 2.28. The summed E-state index contributed by atoms with van der Waals surface area (Å²) in [4.78, 5) is 10.3. The fourth-order valence-corrected chi connectivity index (χ4v) is 2.16. The second-order valence-electron chi connectivity index (χ2n) is 4.07. The number of hydrogen-bond acceptors (Lipinski definition) is 4. The number of rotatable bonds is 3. The van der Waals surface area contributed by atoms with E-state index >= 15 is 0 Å². The Labute approximate surface area is 97.5 Å². The van der Waals surface area contributed by atoms with E-state index in [1.807, 2.05) is 13.1 Å². The van der Waals surface area contributed by atoms with Crippen LogP contribution in [-0.2, 0) is 0 Å². The van der Waals surface area contributed by atoms with Gasteiger partial charge in [-0.25, -0.2) is 9.97 Å². The number of aliphatic hydroxyl groups is 1. The molecular weight excluding hydrogens is 258 g/mol. The zero-order valence-electron chi connectivity index (χ0n) is 8.60. The summed E-state index contributed by atoms with van der Waals surface area (Å²) >= 11 is 3.32. The SMILES string of the molecule is CN(CC1CC(O)C1)c1cc(Br)ncn1. The Kier molecular flexibility index (Phi) is 3.21. The van der Waals surface area contributed by atoms with Crippen molar-refractivity contribution in [1.82, 2.24) is 9.97 Å². The van der Waals surface area contributed by atoms with Gasteiger partial charge in [0.05, 0.1) is 6.10 Å². The predicted octanol–water partition coefficient (Wildman–Crippen LogP) is 1.45. The smallest absolute Gasteiger partial charge is 0.132 e. The van der Waals surface area contributed by atoms with Crippen LogP contribution in [0.15, 0.2) is 17.0 Å². The number of aromatic nitrogens is 2. The Hall–Kier alpha value is -0.680. The van der Waals surface area contributed by atoms with Crippen LogP contribution in [0.2, 0.25) is 0 Å². The third kappa shape index (κ3) is 2.66. The van der Waals surface area contributed by atoms with E-state index in [9.17, 15) is 5.11 Å². The fourth-order valence-electron chi connectivity index (χ4n) is 1.86. The lowest BCUT2D eigenvalue weighted by Gasteiger charge is -2.34. The topological polar surface area (TPSA) is 49.2 Å². The maximum Gasteiger partial charge on any atom is 0.132 e. The van der Waals surface area contributed by atoms with Crippen molar-refractivity contribution in [2.45, 2.75) is 18.9 Å². The summed E-state index contributed by atoms with van der Waals surface area (Å²) in [5.41, 5.74) is 0. The molecule has 1 fully saturated rings. The summed E-state index contributed by atoms with van der Waals surface area (Å²) < 4.78 is 0.799. The van der Waals surface area contributed by atoms with Gasteiger partial charge in [-0.2, -0.15) is 0 Å². The first-order chi connectivity index (χ1) is 7.15. The molecule has 0 aromatic carbocycles. The molecule has 0 unspecified atom stereocenters. The van der Waals surface area contributed by atoms with Gasteiger partial charge < -0.3 is 10.0 Å². The van der Waals surface area contributed by atoms with Crippen LogP contribution in [0.3, 0.4) is 0 Å². The monoisotopic (exact) mass is 271 g/mol. The van der Waals surface area contributed by atoms with Gasteiger partial charge >= 0.3 is 0 Å². The van der Waals surface area contributed by atoms with E-state index in [4.69, 9.17) is 0 Å². The van der Waals surface area contributed by atoms with E-state index in [2.05, 4.69) is 30.8 Å². The highest BCUT2D eigenvalue weighted by Crippen LogP contribution is 2.28. The molecule has 0 saturated heterocycles. The van der Waals surface area contributed by atoms with Gasteiger partial charge in [0.1, 0.15) is 16.7 Å². The largest absolute Gasteiger partial charge is 0.393 e. The molecule has 0 bridgehead atoms. The molecule has 82 valence electrons. The van der Waals surface area contributed by atoms with E-state index in [0.717, 1.165) is 29.8 Å². The highest BCUT2D eigenvalue weighted by atomic mass is 79.9. The van der Waals surface area contributed by atoms with Crippen LogP contribution in [0.5, 0.6) is 0 Å². The van der Waals surface area contributed by atoms with Gasteiger partial charge in [0, 0.05) is 19.7 Å². The lowest BCUT2D eigenvalue weighted by atomic mass is 9.82. The maximum atomic E-state index is 9.19. The molecule has 5 heteroatoms. The van der Waals surface area contributed by atoms with Gasteiger partial charge in [0.25, 0.3) is 0 Å². The van der Waals surface area contributed by atoms with Crippen LogP contribution in [0.25, 0.3) is 0 Å². The van der Waals surface area contributed by atoms with Crippen molar-refractivity contribution in [1.29, 1.82) is 0 Å². The number of hydrogen-bond donors (Lipinski definition) is 1. The van der Waals surface area contributed by atoms with Crippen molar-refractivity contribution in [3.63, 3.8) is 0 Å². The molecule has 0 atom stereocenters. The Morgan fingerprint density at radius 2 is 2.27 bits per heavy atom. The van der Waals surface area contributed by atoms with Crippen LogP contribution in [0, 0.1) is 5.92 Å². The van der Waals surface area contributed by atoms with Gasteiger partial charge in [-0.3, -0.25) is 0 Å². The van der Waals surface area contributed by atoms with Crippen molar-refractivity contribution in [3.8, 4) is 0 Å². The molecule has 1 aromatic heterocycles. The van der Waals surface area contributed by atoms with Crippen molar-refractivity contribution >= 4 is 21.7 Å². The van der Waals surface area contributed by atoms with Gasteiger partial charge in [0.15, 0.2) is 0 Å². The number of aliphatic hydroxyl groups excluding tert-OH is 1. The summed E-state index contributed by atoms with van der Waals surface area (Å²) in [5, 5.41) is 9.19. The molecule has 15 heavy (non-hydrogen) atoms. The molecule has 1 aliphatic rings. The molecular formula is C10H14BrN3O. The molecule has 0 aliphatic heterocycles. The van der Waals surface area contributed by atoms with Gasteiger partial charge in [-0.05, 0) is 34.7 Å². The zero-order valence-corrected chi connectivity index (χ0v) is 10.2. The third-order valence-corrected chi connectivity index (χ3v) is 3.19. The Morgan fingerprint density at radius 1 is 1.53 bits per heavy atom. The second kappa shape index (κ2) is 4.45. The molecule has 0 radical (unpaired) electrons. The van der Waals surface area contributed by atoms with Crippen molar-refractivity contribution in [2.75, 3.05) is 18.5 Å². The number of anilines is 1. The summed E-state index contributed by atoms with van der Waals surface area (Å²) in [5.74, 6) is 1.51. The molecule has 1 heterocycles. The minimum atomic E-state index is -0.0828. The minimum absolute atomic E-state index is 0.0828. The summed E-state index contributed by atoms with van der Waals surface area (Å²) in [6.07, 6.45) is 3.29. The van der Waals surface area contributed by atoms with E-state index < -0.39 is 0 Å². The first kappa shape index (κ1) is 10.8. The van der Waals surface area contributed by atoms with Crippen LogP contribution in [0.1, 0.15) is 12.8 Å². The number of halogens is 1. The average Bonchev–Trinajstić information content (AvgIpc) is 2.15. The normalized spacial score (nSPS) is 24.7. The van der Waals surface area contributed by atoms with Crippen LogP contribution >= 0.6 is 15.9 Å². The van der Waals surface area contributed by atoms with Crippen molar-refractivity contribution in [3.05, 3.63) is 17.0 Å². The van der Waals surface area contributed by atoms with Crippen molar-refractivity contribution in [2.24, 2.45) is 5.92 Å². The van der Waals surface area contributed by atoms with E-state index in [1.54, 1.807) is 6.33 Å². The van der Waals surface area contributed by atoms with E-state index in [0.29, 0.717) is 5.92 Å². The van der Waals surface area contributed by atoms with Gasteiger partial charge in [-0.15, -0.1) is 0 Å². The second-order valence-corrected chi connectivity index (χ2v) is 4.88. The van der Waals surface area contributed by atoms with E-state index in [-0.39, 0.29) is 6.10 Å². The number of nitrogens with zero attached hydrogens (tertiary/aromatic N) is 3. The summed E-state index contributed by atoms with van der Waals surface area (Å²) in [6, 6.07) is 1.90. The average molecular weight is 272 g/mol. The standard InChI is InChI=1S/C10H14BrN3O/c1-14(5-7-2-8(15)3-7)10-4-9(11)12-6-13-10/h4,6-8,15H,2-3,5H2,1H3. The highest BCUT2D eigenvalue weighted by molar-refractivity contribution is 9.10. The molecule has 2 rings (SSSR count). The van der Waals surface area contributed by atoms with Gasteiger partial charge in [-0.1, -0.05) is 0 Å². The Balaban J connectivity index is 1.93. The fraction of sp³-hybridized carbons (Fsp3) is 0.600. The molecule has 1 saturated carbocycles. The van der Waals surface area contributed by atoms with Crippen LogP contribution in [-0.4, -0.2) is 34.8 Å². The lowest BCUT2D eigenvalue weighted by Crippen LogP contribution is -2.37. The molecule has 0 amide bonds. The first-order valence-electron chi connectivity index (χ1n) is 5.02. The molecule has 1 aliphatic carbocycles. The predicted molar refractivity (Wildman–Crippen MR) is 61.7 cm³/mol. The molecule has 0 spiro atoms. The third-order valence-electron chi connectivity index (χ3n) is 2.75.